The molecule has 1 N–H and O–H groups in total. The number of halogens is 1. The molecule has 1 fully saturated rings. The van der Waals surface area contributed by atoms with Crippen LogP contribution in [0.4, 0.5) is 0 Å². The summed E-state index contributed by atoms with van der Waals surface area (Å²) in [5.41, 5.74) is 1.14. The topological polar surface area (TPSA) is 57.6 Å². The lowest BCUT2D eigenvalue weighted by Crippen LogP contribution is -2.54. The van der Waals surface area contributed by atoms with Crippen LogP contribution >= 0.6 is 27.7 Å². The van der Waals surface area contributed by atoms with Gasteiger partial charge in [-0.15, -0.1) is 11.8 Å². The molecule has 21 heavy (non-hydrogen) atoms. The highest BCUT2D eigenvalue weighted by Gasteiger charge is 2.36. The molecular formula is C15H18BrNO3S. The van der Waals surface area contributed by atoms with Gasteiger partial charge in [0, 0.05) is 28.4 Å². The average Bonchev–Trinajstić information content (AvgIpc) is 2.35. The first-order valence-corrected chi connectivity index (χ1v) is 8.56. The first kappa shape index (κ1) is 16.4. The van der Waals surface area contributed by atoms with Gasteiger partial charge in [-0.05, 0) is 30.7 Å². The molecule has 0 spiro atoms. The van der Waals surface area contributed by atoms with E-state index in [9.17, 15) is 9.59 Å². The smallest absolute Gasteiger partial charge is 0.306 e. The van der Waals surface area contributed by atoms with Gasteiger partial charge < -0.3 is 10.0 Å². The first-order valence-electron chi connectivity index (χ1n) is 6.78. The molecule has 6 heteroatoms. The molecule has 1 aromatic rings. The molecule has 2 rings (SSSR count). The van der Waals surface area contributed by atoms with Gasteiger partial charge in [-0.25, -0.2) is 0 Å². The number of rotatable bonds is 5. The molecule has 0 radical (unpaired) electrons. The number of aliphatic carboxylic acids is 1. The highest BCUT2D eigenvalue weighted by atomic mass is 79.9. The van der Waals surface area contributed by atoms with Crippen LogP contribution in [0.25, 0.3) is 0 Å². The Morgan fingerprint density at radius 1 is 1.48 bits per heavy atom. The molecule has 1 aliphatic heterocycles. The van der Waals surface area contributed by atoms with Crippen LogP contribution in [0.5, 0.6) is 0 Å². The Kier molecular flexibility index (Phi) is 5.32. The number of hydrogen-bond acceptors (Lipinski definition) is 3. The predicted octanol–water partition coefficient (Wildman–Crippen LogP) is 3.03. The van der Waals surface area contributed by atoms with E-state index < -0.39 is 5.97 Å². The van der Waals surface area contributed by atoms with Crippen LogP contribution in [-0.2, 0) is 9.59 Å². The lowest BCUT2D eigenvalue weighted by molar-refractivity contribution is -0.149. The molecule has 1 aromatic carbocycles. The van der Waals surface area contributed by atoms with Crippen LogP contribution in [0.1, 0.15) is 12.5 Å². The van der Waals surface area contributed by atoms with Crippen LogP contribution < -0.4 is 0 Å². The summed E-state index contributed by atoms with van der Waals surface area (Å²) in [4.78, 5) is 25.8. The summed E-state index contributed by atoms with van der Waals surface area (Å²) in [6.45, 7) is 4.85. The molecule has 0 aliphatic carbocycles. The molecule has 1 aliphatic rings. The second-order valence-electron chi connectivity index (χ2n) is 5.38. The van der Waals surface area contributed by atoms with Crippen LogP contribution in [0.3, 0.4) is 0 Å². The number of amides is 1. The Bertz CT molecular complexity index is 558. The molecule has 114 valence electrons. The van der Waals surface area contributed by atoms with Gasteiger partial charge in [-0.3, -0.25) is 9.59 Å². The van der Waals surface area contributed by atoms with Gasteiger partial charge in [0.15, 0.2) is 0 Å². The van der Waals surface area contributed by atoms with E-state index in [0.717, 1.165) is 14.9 Å². The highest BCUT2D eigenvalue weighted by molar-refractivity contribution is 9.10. The number of thioether (sulfide) groups is 1. The fraction of sp³-hybridized carbons (Fsp3) is 0.467. The van der Waals surface area contributed by atoms with E-state index in [-0.39, 0.29) is 17.7 Å². The van der Waals surface area contributed by atoms with Crippen LogP contribution in [0.15, 0.2) is 27.6 Å². The number of hydrogen-bond donors (Lipinski definition) is 1. The fourth-order valence-corrected chi connectivity index (χ4v) is 3.63. The van der Waals surface area contributed by atoms with Gasteiger partial charge in [-0.1, -0.05) is 22.9 Å². The molecule has 1 unspecified atom stereocenters. The highest BCUT2D eigenvalue weighted by Crippen LogP contribution is 2.28. The zero-order valence-electron chi connectivity index (χ0n) is 12.0. The SMILES string of the molecule is Cc1cc(Br)ccc1SCC(=O)N1CC(C(C)C(=O)O)C1. The molecule has 1 heterocycles. The van der Waals surface area contributed by atoms with Crippen LogP contribution in [-0.4, -0.2) is 40.7 Å². The molecule has 1 amide bonds. The number of nitrogens with zero attached hydrogens (tertiary/aromatic N) is 1. The van der Waals surface area contributed by atoms with E-state index in [2.05, 4.69) is 15.9 Å². The second kappa shape index (κ2) is 6.83. The number of carboxylic acids is 1. The normalized spacial score (nSPS) is 16.4. The van der Waals surface area contributed by atoms with Crippen molar-refractivity contribution < 1.29 is 14.7 Å². The summed E-state index contributed by atoms with van der Waals surface area (Å²) in [6, 6.07) is 6.00. The number of carbonyl (C=O) groups excluding carboxylic acids is 1. The summed E-state index contributed by atoms with van der Waals surface area (Å²) < 4.78 is 1.03. The van der Waals surface area contributed by atoms with E-state index in [1.165, 1.54) is 11.8 Å². The lowest BCUT2D eigenvalue weighted by atomic mass is 9.87. The van der Waals surface area contributed by atoms with Crippen molar-refractivity contribution in [3.63, 3.8) is 0 Å². The Hall–Kier alpha value is -1.01. The van der Waals surface area contributed by atoms with E-state index >= 15 is 0 Å². The number of aryl methyl sites for hydroxylation is 1. The van der Waals surface area contributed by atoms with Gasteiger partial charge in [0.25, 0.3) is 0 Å². The fourth-order valence-electron chi connectivity index (χ4n) is 2.24. The van der Waals surface area contributed by atoms with Gasteiger partial charge in [0.05, 0.1) is 11.7 Å². The molecule has 0 aromatic heterocycles. The Morgan fingerprint density at radius 2 is 2.14 bits per heavy atom. The minimum atomic E-state index is -0.785. The van der Waals surface area contributed by atoms with Gasteiger partial charge in [-0.2, -0.15) is 0 Å². The van der Waals surface area contributed by atoms with Gasteiger partial charge in [0.2, 0.25) is 5.91 Å². The summed E-state index contributed by atoms with van der Waals surface area (Å²) in [7, 11) is 0. The van der Waals surface area contributed by atoms with Crippen molar-refractivity contribution >= 4 is 39.6 Å². The molecule has 0 saturated carbocycles. The third-order valence-corrected chi connectivity index (χ3v) is 5.50. The van der Waals surface area contributed by atoms with E-state index in [1.807, 2.05) is 25.1 Å². The Balaban J connectivity index is 1.80. The first-order chi connectivity index (χ1) is 9.88. The van der Waals surface area contributed by atoms with E-state index in [1.54, 1.807) is 11.8 Å². The maximum absolute atomic E-state index is 12.1. The summed E-state index contributed by atoms with van der Waals surface area (Å²) in [6.07, 6.45) is 0. The monoisotopic (exact) mass is 371 g/mol. The van der Waals surface area contributed by atoms with Crippen molar-refractivity contribution in [3.05, 3.63) is 28.2 Å². The van der Waals surface area contributed by atoms with Crippen molar-refractivity contribution in [1.82, 2.24) is 4.90 Å². The maximum atomic E-state index is 12.1. The lowest BCUT2D eigenvalue weighted by Gasteiger charge is -2.41. The average molecular weight is 372 g/mol. The molecule has 4 nitrogen and oxygen atoms in total. The van der Waals surface area contributed by atoms with E-state index in [0.29, 0.717) is 18.8 Å². The molecule has 1 saturated heterocycles. The third kappa shape index (κ3) is 4.01. The number of likely N-dealkylation sites (tertiary alicyclic amines) is 1. The molecule has 1 atom stereocenters. The van der Waals surface area contributed by atoms with Gasteiger partial charge >= 0.3 is 5.97 Å². The zero-order chi connectivity index (χ0) is 15.6. The Morgan fingerprint density at radius 3 is 2.71 bits per heavy atom. The van der Waals surface area contributed by atoms with Crippen LogP contribution in [0, 0.1) is 18.8 Å². The quantitative estimate of drug-likeness (QED) is 0.808. The maximum Gasteiger partial charge on any atom is 0.306 e. The minimum absolute atomic E-state index is 0.0798. The van der Waals surface area contributed by atoms with Crippen LogP contribution in [0.2, 0.25) is 0 Å². The number of carbonyl (C=O) groups is 2. The van der Waals surface area contributed by atoms with Crippen molar-refractivity contribution in [1.29, 1.82) is 0 Å². The molecule has 0 bridgehead atoms. The number of benzene rings is 1. The van der Waals surface area contributed by atoms with Crippen molar-refractivity contribution in [2.45, 2.75) is 18.7 Å². The largest absolute Gasteiger partial charge is 0.481 e. The van der Waals surface area contributed by atoms with E-state index in [4.69, 9.17) is 5.11 Å². The summed E-state index contributed by atoms with van der Waals surface area (Å²) in [5, 5.41) is 8.94. The van der Waals surface area contributed by atoms with Crippen molar-refractivity contribution in [2.24, 2.45) is 11.8 Å². The summed E-state index contributed by atoms with van der Waals surface area (Å²) in [5.74, 6) is -0.596. The zero-order valence-corrected chi connectivity index (χ0v) is 14.4. The number of carboxylic acid groups (broad SMARTS) is 1. The van der Waals surface area contributed by atoms with Crippen molar-refractivity contribution in [2.75, 3.05) is 18.8 Å². The standard InChI is InChI=1S/C15H18BrNO3S/c1-9-5-12(16)3-4-13(9)21-8-14(18)17-6-11(7-17)10(2)15(19)20/h3-5,10-11H,6-8H2,1-2H3,(H,19,20). The third-order valence-electron chi connectivity index (χ3n) is 3.85. The van der Waals surface area contributed by atoms with Crippen molar-refractivity contribution in [3.8, 4) is 0 Å². The summed E-state index contributed by atoms with van der Waals surface area (Å²) >= 11 is 4.95. The van der Waals surface area contributed by atoms with Gasteiger partial charge in [0.1, 0.15) is 0 Å². The second-order valence-corrected chi connectivity index (χ2v) is 7.32. The Labute approximate surface area is 137 Å². The molecular weight excluding hydrogens is 354 g/mol. The predicted molar refractivity (Wildman–Crippen MR) is 86.5 cm³/mol. The minimum Gasteiger partial charge on any atom is -0.481 e.